The summed E-state index contributed by atoms with van der Waals surface area (Å²) in [5, 5.41) is 14.4. The molecule has 0 aliphatic rings. The predicted octanol–water partition coefficient (Wildman–Crippen LogP) is 4.29. The second-order valence-corrected chi connectivity index (χ2v) is 7.53. The number of benzene rings is 2. The van der Waals surface area contributed by atoms with E-state index in [9.17, 15) is 9.90 Å². The van der Waals surface area contributed by atoms with Crippen LogP contribution in [-0.2, 0) is 5.54 Å². The van der Waals surface area contributed by atoms with E-state index < -0.39 is 11.6 Å². The number of fused-ring (bicyclic) bond motifs is 1. The lowest BCUT2D eigenvalue weighted by molar-refractivity contribution is 0.0555. The number of halogens is 1. The molecule has 0 spiro atoms. The van der Waals surface area contributed by atoms with E-state index in [0.717, 1.165) is 5.56 Å². The number of carbonyl (C=O) groups is 1. The van der Waals surface area contributed by atoms with Crippen LogP contribution in [0.2, 0.25) is 5.02 Å². The van der Waals surface area contributed by atoms with E-state index in [2.05, 4.69) is 20.3 Å². The summed E-state index contributed by atoms with van der Waals surface area (Å²) in [6, 6.07) is 12.7. The first-order valence-corrected chi connectivity index (χ1v) is 9.97. The van der Waals surface area contributed by atoms with E-state index in [4.69, 9.17) is 16.0 Å². The molecule has 154 valence electrons. The molecule has 4 aromatic rings. The monoisotopic (exact) mass is 424 g/mol. The van der Waals surface area contributed by atoms with Gasteiger partial charge in [-0.15, -0.1) is 0 Å². The Balaban J connectivity index is 1.83. The zero-order valence-corrected chi connectivity index (χ0v) is 17.3. The lowest BCUT2D eigenvalue weighted by Gasteiger charge is -2.37. The maximum absolute atomic E-state index is 12.8. The number of imidazole rings is 1. The van der Waals surface area contributed by atoms with Crippen molar-refractivity contribution < 1.29 is 14.3 Å². The number of nitrogens with zero attached hydrogens (tertiary/aromatic N) is 2. The Morgan fingerprint density at radius 2 is 2.07 bits per heavy atom. The van der Waals surface area contributed by atoms with Gasteiger partial charge in [0.15, 0.2) is 5.58 Å². The zero-order valence-electron chi connectivity index (χ0n) is 16.5. The number of rotatable bonds is 6. The van der Waals surface area contributed by atoms with Gasteiger partial charge in [0.25, 0.3) is 5.91 Å². The summed E-state index contributed by atoms with van der Waals surface area (Å²) in [6.07, 6.45) is 2.41. The number of aromatic nitrogens is 3. The van der Waals surface area contributed by atoms with Crippen LogP contribution >= 0.6 is 11.6 Å². The van der Waals surface area contributed by atoms with E-state index in [-0.39, 0.29) is 5.91 Å². The maximum atomic E-state index is 12.8. The number of aromatic amines is 1. The molecule has 0 aliphatic heterocycles. The highest BCUT2D eigenvalue weighted by atomic mass is 35.5. The molecule has 0 unspecified atom stereocenters. The summed E-state index contributed by atoms with van der Waals surface area (Å²) in [5.41, 5.74) is 1.83. The van der Waals surface area contributed by atoms with Crippen LogP contribution in [0.25, 0.3) is 22.6 Å². The molecule has 2 aromatic carbocycles. The molecule has 0 aliphatic carbocycles. The van der Waals surface area contributed by atoms with Crippen LogP contribution in [0.15, 0.2) is 59.4 Å². The van der Waals surface area contributed by atoms with Crippen LogP contribution in [-0.4, -0.2) is 32.1 Å². The number of aliphatic hydroxyl groups is 1. The molecule has 0 saturated heterocycles. The first kappa shape index (κ1) is 20.1. The van der Waals surface area contributed by atoms with E-state index in [1.54, 1.807) is 19.1 Å². The van der Waals surface area contributed by atoms with Gasteiger partial charge in [0.2, 0.25) is 5.89 Å². The normalized spacial score (nSPS) is 14.4. The lowest BCUT2D eigenvalue weighted by Crippen LogP contribution is -2.53. The van der Waals surface area contributed by atoms with Gasteiger partial charge in [0.05, 0.1) is 24.2 Å². The Bertz CT molecular complexity index is 1170. The lowest BCUT2D eigenvalue weighted by atomic mass is 9.81. The molecular formula is C22H21ClN4O3. The van der Waals surface area contributed by atoms with Gasteiger partial charge in [0.1, 0.15) is 11.2 Å². The Hall–Kier alpha value is -3.16. The van der Waals surface area contributed by atoms with Crippen molar-refractivity contribution in [1.29, 1.82) is 0 Å². The van der Waals surface area contributed by atoms with E-state index in [1.165, 1.54) is 12.5 Å². The van der Waals surface area contributed by atoms with Crippen LogP contribution in [0.3, 0.4) is 0 Å². The maximum Gasteiger partial charge on any atom is 0.270 e. The highest BCUT2D eigenvalue weighted by Crippen LogP contribution is 2.36. The smallest absolute Gasteiger partial charge is 0.270 e. The number of oxazole rings is 1. The van der Waals surface area contributed by atoms with Crippen molar-refractivity contribution in [2.24, 2.45) is 0 Å². The minimum atomic E-state index is -1.07. The predicted molar refractivity (Wildman–Crippen MR) is 114 cm³/mol. The van der Waals surface area contributed by atoms with Crippen molar-refractivity contribution in [3.8, 4) is 11.5 Å². The Morgan fingerprint density at radius 1 is 1.30 bits per heavy atom. The van der Waals surface area contributed by atoms with Gasteiger partial charge >= 0.3 is 0 Å². The van der Waals surface area contributed by atoms with Gasteiger partial charge in [-0.1, -0.05) is 30.7 Å². The van der Waals surface area contributed by atoms with Crippen molar-refractivity contribution in [2.45, 2.75) is 31.9 Å². The largest absolute Gasteiger partial charge is 0.436 e. The van der Waals surface area contributed by atoms with Gasteiger partial charge in [-0.05, 0) is 43.7 Å². The Kier molecular flexibility index (Phi) is 5.32. The van der Waals surface area contributed by atoms with Crippen LogP contribution in [0, 0.1) is 0 Å². The molecule has 0 radical (unpaired) electrons. The quantitative estimate of drug-likeness (QED) is 0.428. The summed E-state index contributed by atoms with van der Waals surface area (Å²) in [4.78, 5) is 24.2. The van der Waals surface area contributed by atoms with Crippen molar-refractivity contribution in [3.63, 3.8) is 0 Å². The number of hydrogen-bond donors (Lipinski definition) is 3. The number of carbonyl (C=O) groups excluding carboxylic acids is 1. The summed E-state index contributed by atoms with van der Waals surface area (Å²) < 4.78 is 5.97. The number of H-pyrrole nitrogens is 1. The van der Waals surface area contributed by atoms with Crippen LogP contribution in [0.1, 0.15) is 36.3 Å². The summed E-state index contributed by atoms with van der Waals surface area (Å²) in [5.74, 6) is 0.0679. The second-order valence-electron chi connectivity index (χ2n) is 7.10. The minimum Gasteiger partial charge on any atom is -0.436 e. The van der Waals surface area contributed by atoms with Crippen LogP contribution in [0.4, 0.5) is 0 Å². The molecule has 8 heteroatoms. The number of para-hydroxylation sites is 1. The molecule has 0 bridgehead atoms. The summed E-state index contributed by atoms with van der Waals surface area (Å²) in [6.45, 7) is 3.55. The zero-order chi connectivity index (χ0) is 21.3. The number of aliphatic hydroxyl groups excluding tert-OH is 1. The minimum absolute atomic E-state index is 0.308. The molecule has 7 nitrogen and oxygen atoms in total. The molecule has 3 N–H and O–H groups in total. The number of amides is 1. The molecule has 0 fully saturated rings. The third kappa shape index (κ3) is 3.46. The summed E-state index contributed by atoms with van der Waals surface area (Å²) in [7, 11) is 0. The molecular weight excluding hydrogens is 404 g/mol. The van der Waals surface area contributed by atoms with Gasteiger partial charge in [0, 0.05) is 16.1 Å². The molecule has 30 heavy (non-hydrogen) atoms. The third-order valence-electron chi connectivity index (χ3n) is 5.34. The van der Waals surface area contributed by atoms with Crippen molar-refractivity contribution >= 4 is 28.6 Å². The number of nitrogens with one attached hydrogen (secondary N) is 2. The van der Waals surface area contributed by atoms with Crippen molar-refractivity contribution in [2.75, 3.05) is 0 Å². The molecule has 4 rings (SSSR count). The average molecular weight is 425 g/mol. The molecule has 2 aromatic heterocycles. The van der Waals surface area contributed by atoms with Crippen molar-refractivity contribution in [3.05, 3.63) is 71.3 Å². The first-order valence-electron chi connectivity index (χ1n) is 9.59. The summed E-state index contributed by atoms with van der Waals surface area (Å²) >= 11 is 5.98. The number of hydrogen-bond acceptors (Lipinski definition) is 5. The fourth-order valence-electron chi connectivity index (χ4n) is 3.65. The van der Waals surface area contributed by atoms with Gasteiger partial charge in [-0.3, -0.25) is 4.79 Å². The highest BCUT2D eigenvalue weighted by molar-refractivity contribution is 6.30. The van der Waals surface area contributed by atoms with Crippen LogP contribution in [0.5, 0.6) is 0 Å². The van der Waals surface area contributed by atoms with E-state index >= 15 is 0 Å². The Morgan fingerprint density at radius 3 is 2.70 bits per heavy atom. The molecule has 1 amide bonds. The first-order chi connectivity index (χ1) is 14.4. The Labute approximate surface area is 178 Å². The fraction of sp³-hybridized carbons (Fsp3) is 0.227. The van der Waals surface area contributed by atoms with Gasteiger partial charge < -0.3 is 19.8 Å². The average Bonchev–Trinajstić information content (AvgIpc) is 3.42. The van der Waals surface area contributed by atoms with Gasteiger partial charge in [-0.2, -0.15) is 0 Å². The van der Waals surface area contributed by atoms with Crippen molar-refractivity contribution in [1.82, 2.24) is 20.3 Å². The topological polar surface area (TPSA) is 104 Å². The molecule has 2 heterocycles. The van der Waals surface area contributed by atoms with E-state index in [0.29, 0.717) is 39.7 Å². The van der Waals surface area contributed by atoms with E-state index in [1.807, 2.05) is 37.3 Å². The van der Waals surface area contributed by atoms with Crippen LogP contribution < -0.4 is 5.32 Å². The fourth-order valence-corrected chi connectivity index (χ4v) is 3.77. The molecule has 0 saturated carbocycles. The second kappa shape index (κ2) is 7.93. The molecule has 2 atom stereocenters. The SMILES string of the molecule is CC[C@@](NC(=O)c1cnc[nH]1)(c1cccc2oc(-c3ccc(Cl)cc3)nc12)[C@H](C)O. The highest BCUT2D eigenvalue weighted by Gasteiger charge is 2.40. The third-order valence-corrected chi connectivity index (χ3v) is 5.59. The standard InChI is InChI=1S/C22H21ClN4O3/c1-3-22(13(2)28,27-20(29)17-11-24-12-25-17)16-5-4-6-18-19(16)26-21(30-18)14-7-9-15(23)10-8-14/h4-13,28H,3H2,1-2H3,(H,24,25)(H,27,29)/t13-,22-/m0/s1. The van der Waals surface area contributed by atoms with Gasteiger partial charge in [-0.25, -0.2) is 9.97 Å².